The van der Waals surface area contributed by atoms with E-state index in [-0.39, 0.29) is 45.8 Å². The number of halogens is 4. The summed E-state index contributed by atoms with van der Waals surface area (Å²) in [6.07, 6.45) is 3.65. The SMILES string of the molecule is CCC1(NC(=O)COc2cnc(Cl)c(F)c2)CC(C)(COc2ccc(Cl)c(F)c2)C1.NC=O. The lowest BCUT2D eigenvalue weighted by molar-refractivity contribution is -0.129. The molecule has 2 amide bonds. The van der Waals surface area contributed by atoms with Gasteiger partial charge in [-0.2, -0.15) is 0 Å². The topological polar surface area (TPSA) is 104 Å². The number of nitrogens with one attached hydrogen (secondary N) is 1. The molecule has 0 aliphatic heterocycles. The van der Waals surface area contributed by atoms with Gasteiger partial charge in [0.2, 0.25) is 6.41 Å². The number of pyridine rings is 1. The van der Waals surface area contributed by atoms with Crippen LogP contribution in [0.15, 0.2) is 30.5 Å². The van der Waals surface area contributed by atoms with E-state index < -0.39 is 11.6 Å². The number of nitrogens with two attached hydrogens (primary N) is 1. The van der Waals surface area contributed by atoms with Crippen molar-refractivity contribution in [3.63, 3.8) is 0 Å². The van der Waals surface area contributed by atoms with Crippen molar-refractivity contribution in [2.24, 2.45) is 11.1 Å². The number of nitrogens with zero attached hydrogens (tertiary/aromatic N) is 1. The van der Waals surface area contributed by atoms with Crippen LogP contribution in [0.2, 0.25) is 10.2 Å². The zero-order valence-electron chi connectivity index (χ0n) is 18.2. The Labute approximate surface area is 200 Å². The molecule has 0 bridgehead atoms. The van der Waals surface area contributed by atoms with E-state index in [4.69, 9.17) is 37.5 Å². The summed E-state index contributed by atoms with van der Waals surface area (Å²) in [5, 5.41) is 2.80. The second kappa shape index (κ2) is 11.5. The van der Waals surface area contributed by atoms with Crippen molar-refractivity contribution in [2.45, 2.75) is 38.6 Å². The fourth-order valence-corrected chi connectivity index (χ4v) is 4.12. The first kappa shape index (κ1) is 26.6. The lowest BCUT2D eigenvalue weighted by atomic mass is 9.57. The van der Waals surface area contributed by atoms with Crippen molar-refractivity contribution in [1.82, 2.24) is 10.3 Å². The fourth-order valence-electron chi connectivity index (χ4n) is 3.90. The van der Waals surface area contributed by atoms with E-state index >= 15 is 0 Å². The molecular formula is C22H25Cl2F2N3O4. The largest absolute Gasteiger partial charge is 0.493 e. The third-order valence-corrected chi connectivity index (χ3v) is 5.82. The summed E-state index contributed by atoms with van der Waals surface area (Å²) in [5.74, 6) is -1.02. The Morgan fingerprint density at radius 1 is 1.21 bits per heavy atom. The molecule has 1 heterocycles. The second-order valence-electron chi connectivity index (χ2n) is 8.08. The molecule has 1 aromatic carbocycles. The Hall–Kier alpha value is -2.65. The van der Waals surface area contributed by atoms with Gasteiger partial charge in [0.25, 0.3) is 5.91 Å². The lowest BCUT2D eigenvalue weighted by Crippen LogP contribution is -2.63. The number of aromatic nitrogens is 1. The number of primary amides is 1. The van der Waals surface area contributed by atoms with Crippen LogP contribution in [0.4, 0.5) is 8.78 Å². The van der Waals surface area contributed by atoms with Crippen molar-refractivity contribution in [2.75, 3.05) is 13.2 Å². The summed E-state index contributed by atoms with van der Waals surface area (Å²) in [6, 6.07) is 5.41. The van der Waals surface area contributed by atoms with Crippen LogP contribution in [0.1, 0.15) is 33.1 Å². The van der Waals surface area contributed by atoms with Crippen LogP contribution in [-0.2, 0) is 9.59 Å². The molecular weight excluding hydrogens is 479 g/mol. The summed E-state index contributed by atoms with van der Waals surface area (Å²) < 4.78 is 38.0. The number of carbonyl (C=O) groups is 2. The zero-order valence-corrected chi connectivity index (χ0v) is 19.7. The summed E-state index contributed by atoms with van der Waals surface area (Å²) >= 11 is 11.2. The van der Waals surface area contributed by atoms with Crippen LogP contribution in [0.3, 0.4) is 0 Å². The molecule has 3 rings (SSSR count). The average molecular weight is 504 g/mol. The molecule has 1 saturated carbocycles. The molecule has 0 radical (unpaired) electrons. The van der Waals surface area contributed by atoms with Gasteiger partial charge in [0, 0.05) is 23.1 Å². The van der Waals surface area contributed by atoms with Gasteiger partial charge >= 0.3 is 0 Å². The van der Waals surface area contributed by atoms with Gasteiger partial charge in [0.15, 0.2) is 17.6 Å². The van der Waals surface area contributed by atoms with Crippen LogP contribution >= 0.6 is 23.2 Å². The predicted octanol–water partition coefficient (Wildman–Crippen LogP) is 4.29. The maximum atomic E-state index is 13.6. The molecule has 7 nitrogen and oxygen atoms in total. The molecule has 0 atom stereocenters. The molecule has 0 unspecified atom stereocenters. The van der Waals surface area contributed by atoms with Crippen LogP contribution in [0, 0.1) is 17.0 Å². The number of rotatable bonds is 8. The molecule has 33 heavy (non-hydrogen) atoms. The molecule has 180 valence electrons. The summed E-state index contributed by atoms with van der Waals surface area (Å²) in [6.45, 7) is 4.17. The van der Waals surface area contributed by atoms with Crippen molar-refractivity contribution in [3.8, 4) is 11.5 Å². The molecule has 3 N–H and O–H groups in total. The fraction of sp³-hybridized carbons (Fsp3) is 0.409. The number of ether oxygens (including phenoxy) is 2. The van der Waals surface area contributed by atoms with E-state index in [1.807, 2.05) is 6.92 Å². The Morgan fingerprint density at radius 2 is 1.85 bits per heavy atom. The molecule has 11 heteroatoms. The quantitative estimate of drug-likeness (QED) is 0.413. The number of amides is 2. The van der Waals surface area contributed by atoms with Gasteiger partial charge in [-0.25, -0.2) is 13.8 Å². The van der Waals surface area contributed by atoms with Crippen LogP contribution in [0.5, 0.6) is 11.5 Å². The van der Waals surface area contributed by atoms with E-state index in [9.17, 15) is 13.6 Å². The van der Waals surface area contributed by atoms with Gasteiger partial charge in [0.1, 0.15) is 17.3 Å². The first-order valence-electron chi connectivity index (χ1n) is 10.0. The van der Waals surface area contributed by atoms with E-state index in [0.717, 1.165) is 12.5 Å². The number of hydrogen-bond acceptors (Lipinski definition) is 5. The highest BCUT2D eigenvalue weighted by Gasteiger charge is 2.52. The number of benzene rings is 1. The minimum atomic E-state index is -0.713. The zero-order chi connectivity index (χ0) is 24.6. The highest BCUT2D eigenvalue weighted by molar-refractivity contribution is 6.30. The van der Waals surface area contributed by atoms with Gasteiger partial charge < -0.3 is 20.5 Å². The van der Waals surface area contributed by atoms with Crippen LogP contribution in [-0.4, -0.2) is 36.1 Å². The van der Waals surface area contributed by atoms with Crippen molar-refractivity contribution >= 4 is 35.5 Å². The standard InChI is InChI=1S/C21H22Cl2F2N2O3.CH3NO/c1-3-21(27-18(28)9-29-14-7-17(25)19(23)26-8-14)10-20(2,11-21)12-30-13-4-5-15(22)16(24)6-13;2-1-3/h4-8H,3,9-12H2,1-2H3,(H,27,28);1H,(H2,2,3). The van der Waals surface area contributed by atoms with Crippen molar-refractivity contribution in [1.29, 1.82) is 0 Å². The third kappa shape index (κ3) is 7.43. The highest BCUT2D eigenvalue weighted by atomic mass is 35.5. The molecule has 0 spiro atoms. The average Bonchev–Trinajstić information content (AvgIpc) is 2.75. The lowest BCUT2D eigenvalue weighted by Gasteiger charge is -2.54. The maximum Gasteiger partial charge on any atom is 0.258 e. The maximum absolute atomic E-state index is 13.6. The van der Waals surface area contributed by atoms with Gasteiger partial charge in [0.05, 0.1) is 17.8 Å². The minimum absolute atomic E-state index is 0.0456. The third-order valence-electron chi connectivity index (χ3n) is 5.23. The van der Waals surface area contributed by atoms with E-state index in [0.29, 0.717) is 25.2 Å². The predicted molar refractivity (Wildman–Crippen MR) is 120 cm³/mol. The Morgan fingerprint density at radius 3 is 2.42 bits per heavy atom. The first-order chi connectivity index (χ1) is 15.5. The molecule has 0 saturated heterocycles. The van der Waals surface area contributed by atoms with Gasteiger partial charge in [-0.1, -0.05) is 37.0 Å². The van der Waals surface area contributed by atoms with Gasteiger partial charge in [-0.05, 0) is 31.4 Å². The summed E-state index contributed by atoms with van der Waals surface area (Å²) in [4.78, 5) is 24.6. The smallest absolute Gasteiger partial charge is 0.258 e. The first-order valence-corrected chi connectivity index (χ1v) is 10.8. The highest BCUT2D eigenvalue weighted by Crippen LogP contribution is 2.50. The minimum Gasteiger partial charge on any atom is -0.493 e. The molecule has 1 aromatic heterocycles. The van der Waals surface area contributed by atoms with Crippen LogP contribution in [0.25, 0.3) is 0 Å². The van der Waals surface area contributed by atoms with Crippen molar-refractivity contribution in [3.05, 3.63) is 52.3 Å². The normalized spacial score (nSPS) is 21.2. The number of hydrogen-bond donors (Lipinski definition) is 2. The summed E-state index contributed by atoms with van der Waals surface area (Å²) in [5.41, 5.74) is 3.64. The van der Waals surface area contributed by atoms with E-state index in [1.165, 1.54) is 18.3 Å². The molecule has 1 fully saturated rings. The molecule has 1 aliphatic carbocycles. The Bertz CT molecular complexity index is 988. The Kier molecular flexibility index (Phi) is 9.25. The van der Waals surface area contributed by atoms with Crippen molar-refractivity contribution < 1.29 is 27.8 Å². The monoisotopic (exact) mass is 503 g/mol. The number of carbonyl (C=O) groups excluding carboxylic acids is 2. The Balaban J connectivity index is 0.00000122. The summed E-state index contributed by atoms with van der Waals surface area (Å²) in [7, 11) is 0. The van der Waals surface area contributed by atoms with Crippen LogP contribution < -0.4 is 20.5 Å². The van der Waals surface area contributed by atoms with E-state index in [2.05, 4.69) is 23.0 Å². The molecule has 1 aliphatic rings. The van der Waals surface area contributed by atoms with Gasteiger partial charge in [-0.15, -0.1) is 0 Å². The van der Waals surface area contributed by atoms with Gasteiger partial charge in [-0.3, -0.25) is 9.59 Å². The van der Waals surface area contributed by atoms with E-state index in [1.54, 1.807) is 6.07 Å². The second-order valence-corrected chi connectivity index (χ2v) is 8.84. The molecule has 2 aromatic rings.